The van der Waals surface area contributed by atoms with Gasteiger partial charge in [0.25, 0.3) is 11.8 Å². The predicted molar refractivity (Wildman–Crippen MR) is 325 cm³/mol. The number of benzene rings is 2. The van der Waals surface area contributed by atoms with E-state index >= 15 is 0 Å². The number of hydrogen-bond acceptors (Lipinski definition) is 20. The lowest BCUT2D eigenvalue weighted by Gasteiger charge is -2.43. The predicted octanol–water partition coefficient (Wildman–Crippen LogP) is 5.81. The third-order valence-electron chi connectivity index (χ3n) is 15.6. The minimum absolute atomic E-state index is 0.0463. The number of nitrogens with zero attached hydrogens (tertiary/aromatic N) is 4. The summed E-state index contributed by atoms with van der Waals surface area (Å²) in [6.07, 6.45) is 12.8. The Labute approximate surface area is 507 Å². The number of amides is 2. The van der Waals surface area contributed by atoms with E-state index in [0.29, 0.717) is 115 Å². The summed E-state index contributed by atoms with van der Waals surface area (Å²) in [5.41, 5.74) is 18.6. The second kappa shape index (κ2) is 39.1. The molecule has 474 valence electrons. The Morgan fingerprint density at radius 2 is 0.964 bits per heavy atom. The fraction of sp³-hybridized carbons (Fsp3) is 0.717. The molecule has 22 nitrogen and oxygen atoms in total. The Kier molecular flexibility index (Phi) is 32.6. The maximum Gasteiger partial charge on any atom is 0.306 e. The second-order valence-electron chi connectivity index (χ2n) is 21.9. The Morgan fingerprint density at radius 3 is 1.35 bits per heavy atom. The van der Waals surface area contributed by atoms with E-state index in [1.165, 1.54) is 32.4 Å². The molecule has 24 heteroatoms. The molecule has 0 saturated carbocycles. The molecule has 8 N–H and O–H groups in total. The highest BCUT2D eigenvalue weighted by molar-refractivity contribution is 6.34. The lowest BCUT2D eigenvalue weighted by Crippen LogP contribution is -2.51. The number of carbonyl (C=O) groups excluding carboxylic acids is 5. The van der Waals surface area contributed by atoms with Crippen LogP contribution < -0.4 is 37.3 Å². The second-order valence-corrected chi connectivity index (χ2v) is 22.7. The minimum Gasteiger partial charge on any atom is -0.496 e. The van der Waals surface area contributed by atoms with Gasteiger partial charge in [-0.1, -0.05) is 42.5 Å². The quantitative estimate of drug-likeness (QED) is 0.0267. The summed E-state index contributed by atoms with van der Waals surface area (Å²) in [4.78, 5) is 69.5. The van der Waals surface area contributed by atoms with Crippen LogP contribution in [0.5, 0.6) is 11.5 Å². The number of anilines is 2. The molecule has 0 radical (unpaired) electrons. The SMILES string of the molecule is CCOC(=O)CCCCCN1CCO[C@H](CN)C1.CCOC(=O)CCCCCN1CCO[C@H](CNC(=O)c2cc(Cl)c(N)cc2OC)C1.COc1cc(N)c(Cl)cc1C(=O)NC[C@@H]1CN(CCCCCC(=O)O[C@H]2CN3CCC2CC3)CCO1. The number of methoxy groups -OCH3 is 2. The van der Waals surface area contributed by atoms with Crippen molar-refractivity contribution < 1.29 is 61.9 Å². The summed E-state index contributed by atoms with van der Waals surface area (Å²) >= 11 is 12.1. The molecule has 8 rings (SSSR count). The summed E-state index contributed by atoms with van der Waals surface area (Å²) in [5, 5.41) is 6.43. The van der Waals surface area contributed by atoms with Crippen LogP contribution in [0.2, 0.25) is 10.0 Å². The van der Waals surface area contributed by atoms with Gasteiger partial charge in [-0.15, -0.1) is 0 Å². The fourth-order valence-corrected chi connectivity index (χ4v) is 11.2. The van der Waals surface area contributed by atoms with Crippen LogP contribution in [0.4, 0.5) is 11.4 Å². The molecule has 6 heterocycles. The molecular formula is C60H97Cl2N9O13. The van der Waals surface area contributed by atoms with E-state index in [4.69, 9.17) is 78.3 Å². The summed E-state index contributed by atoms with van der Waals surface area (Å²) < 4.78 is 43.3. The lowest BCUT2D eigenvalue weighted by molar-refractivity contribution is -0.159. The van der Waals surface area contributed by atoms with Crippen molar-refractivity contribution in [2.45, 2.75) is 128 Å². The van der Waals surface area contributed by atoms with Crippen molar-refractivity contribution in [3.63, 3.8) is 0 Å². The van der Waals surface area contributed by atoms with Crippen LogP contribution in [-0.4, -0.2) is 219 Å². The summed E-state index contributed by atoms with van der Waals surface area (Å²) in [5.74, 6) is 0.509. The minimum atomic E-state index is -0.284. The average Bonchev–Trinajstić information content (AvgIpc) is 3.58. The van der Waals surface area contributed by atoms with Gasteiger partial charge in [0, 0.05) is 96.8 Å². The number of fused-ring (bicyclic) bond motifs is 3. The van der Waals surface area contributed by atoms with Gasteiger partial charge in [-0.25, -0.2) is 0 Å². The third kappa shape index (κ3) is 25.3. The van der Waals surface area contributed by atoms with Gasteiger partial charge in [0.2, 0.25) is 0 Å². The standard InChI is InChI=1S/C26H39ClN4O5.C21H32ClN3O5.C13H26N2O3/c1-34-23-14-22(28)21(27)13-20(23)26(33)29-15-19-16-30(11-12-35-19)8-4-2-3-5-25(32)36-24-17-31-9-6-18(24)7-10-31;1-3-29-20(26)7-5-4-6-8-25-9-10-30-15(14-25)13-24-21(27)16-11-17(22)18(23)12-19(16)28-2;1-2-17-13(16)6-4-3-5-7-15-8-9-18-12(10-14)11-15/h13-14,18-19,24H,2-12,15-17,28H2,1H3,(H,29,33);11-12,15H,3-10,13-14,23H2,1-2H3,(H,24,27);12H,2-11,14H2,1H3/t19-,24+;15-;12-/m111/s1. The molecule has 0 aliphatic carbocycles. The van der Waals surface area contributed by atoms with Gasteiger partial charge in [0.15, 0.2) is 0 Å². The van der Waals surface area contributed by atoms with Gasteiger partial charge in [-0.3, -0.25) is 43.6 Å². The van der Waals surface area contributed by atoms with Gasteiger partial charge >= 0.3 is 17.9 Å². The molecule has 2 aromatic carbocycles. The average molecular weight is 1220 g/mol. The van der Waals surface area contributed by atoms with Crippen LogP contribution in [0.25, 0.3) is 0 Å². The van der Waals surface area contributed by atoms with Gasteiger partial charge < -0.3 is 65.7 Å². The maximum atomic E-state index is 12.7. The highest BCUT2D eigenvalue weighted by Crippen LogP contribution is 2.32. The number of nitrogen functional groups attached to an aromatic ring is 2. The summed E-state index contributed by atoms with van der Waals surface area (Å²) in [6.45, 7) is 19.3. The number of ether oxygens (including phenoxy) is 8. The van der Waals surface area contributed by atoms with Crippen LogP contribution in [0, 0.1) is 5.92 Å². The third-order valence-corrected chi connectivity index (χ3v) is 16.2. The van der Waals surface area contributed by atoms with Gasteiger partial charge in [-0.2, -0.15) is 0 Å². The number of carbonyl (C=O) groups is 5. The van der Waals surface area contributed by atoms with E-state index in [0.717, 1.165) is 156 Å². The van der Waals surface area contributed by atoms with Crippen molar-refractivity contribution in [1.29, 1.82) is 0 Å². The van der Waals surface area contributed by atoms with E-state index in [9.17, 15) is 24.0 Å². The number of hydrogen-bond donors (Lipinski definition) is 5. The highest BCUT2D eigenvalue weighted by Gasteiger charge is 2.36. The lowest BCUT2D eigenvalue weighted by atomic mass is 9.86. The van der Waals surface area contributed by atoms with Crippen molar-refractivity contribution in [2.75, 3.05) is 157 Å². The van der Waals surface area contributed by atoms with Crippen molar-refractivity contribution in [3.05, 3.63) is 45.4 Å². The molecule has 0 spiro atoms. The van der Waals surface area contributed by atoms with Crippen LogP contribution in [0.3, 0.4) is 0 Å². The number of nitrogens with one attached hydrogen (secondary N) is 2. The van der Waals surface area contributed by atoms with Crippen molar-refractivity contribution in [2.24, 2.45) is 11.7 Å². The molecule has 2 bridgehead atoms. The largest absolute Gasteiger partial charge is 0.496 e. The van der Waals surface area contributed by atoms with E-state index < -0.39 is 0 Å². The van der Waals surface area contributed by atoms with Crippen molar-refractivity contribution in [1.82, 2.24) is 30.2 Å². The molecule has 2 amide bonds. The molecule has 4 atom stereocenters. The number of esters is 3. The first kappa shape index (κ1) is 70.0. The molecule has 6 saturated heterocycles. The molecule has 6 aliphatic heterocycles. The van der Waals surface area contributed by atoms with Gasteiger partial charge in [0.05, 0.1) is 98.1 Å². The first-order valence-corrected chi connectivity index (χ1v) is 31.2. The van der Waals surface area contributed by atoms with Crippen LogP contribution >= 0.6 is 23.2 Å². The molecular weight excluding hydrogens is 1130 g/mol. The Hall–Kier alpha value is -4.75. The Bertz CT molecular complexity index is 2320. The highest BCUT2D eigenvalue weighted by atomic mass is 35.5. The van der Waals surface area contributed by atoms with E-state index in [2.05, 4.69) is 30.2 Å². The number of morpholine rings is 3. The topological polar surface area (TPSA) is 274 Å². The number of halogens is 2. The first-order chi connectivity index (χ1) is 40.6. The number of nitrogens with two attached hydrogens (primary N) is 3. The van der Waals surface area contributed by atoms with Crippen LogP contribution in [0.15, 0.2) is 24.3 Å². The van der Waals surface area contributed by atoms with Crippen molar-refractivity contribution in [3.8, 4) is 11.5 Å². The zero-order chi connectivity index (χ0) is 60.6. The number of piperidine rings is 3. The van der Waals surface area contributed by atoms with Crippen molar-refractivity contribution >= 4 is 64.3 Å². The molecule has 2 aromatic rings. The van der Waals surface area contributed by atoms with Crippen LogP contribution in [0.1, 0.15) is 124 Å². The Morgan fingerprint density at radius 1 is 0.560 bits per heavy atom. The molecule has 84 heavy (non-hydrogen) atoms. The molecule has 0 unspecified atom stereocenters. The smallest absolute Gasteiger partial charge is 0.306 e. The molecule has 6 aliphatic rings. The van der Waals surface area contributed by atoms with E-state index in [-0.39, 0.29) is 54.1 Å². The van der Waals surface area contributed by atoms with E-state index in [1.54, 1.807) is 6.07 Å². The van der Waals surface area contributed by atoms with Gasteiger partial charge in [-0.05, 0) is 116 Å². The number of rotatable bonds is 30. The monoisotopic (exact) mass is 1220 g/mol. The molecule has 0 aromatic heterocycles. The zero-order valence-corrected chi connectivity index (χ0v) is 51.8. The van der Waals surface area contributed by atoms with Crippen LogP contribution in [-0.2, 0) is 42.8 Å². The normalized spacial score (nSPS) is 21.6. The zero-order valence-electron chi connectivity index (χ0n) is 50.3. The summed E-state index contributed by atoms with van der Waals surface area (Å²) in [6, 6.07) is 6.12. The van der Waals surface area contributed by atoms with Gasteiger partial charge in [0.1, 0.15) is 17.6 Å². The molecule has 6 fully saturated rings. The maximum absolute atomic E-state index is 12.7. The Balaban J connectivity index is 0.000000243. The first-order valence-electron chi connectivity index (χ1n) is 30.4. The summed E-state index contributed by atoms with van der Waals surface area (Å²) in [7, 11) is 2.97. The fourth-order valence-electron chi connectivity index (χ4n) is 10.9. The van der Waals surface area contributed by atoms with E-state index in [1.807, 2.05) is 13.8 Å². The number of unbranched alkanes of at least 4 members (excludes halogenated alkanes) is 6.